The number of aryl methyl sites for hydroxylation is 2. The molecule has 0 radical (unpaired) electrons. The fraction of sp³-hybridized carbons (Fsp3) is 0.350. The first-order valence-corrected chi connectivity index (χ1v) is 14.6. The van der Waals surface area contributed by atoms with E-state index < -0.39 is 0 Å². The SMILES string of the molecule is CC(C)(C)c1ccc2ccccc2c1.CC(C)(C)c1cccc2ccccc12.Cc1ccc(C(C)(C)C)cc1C. The van der Waals surface area contributed by atoms with Crippen LogP contribution in [0.2, 0.25) is 0 Å². The van der Waals surface area contributed by atoms with Crippen LogP contribution < -0.4 is 0 Å². The van der Waals surface area contributed by atoms with Crippen LogP contribution in [0, 0.1) is 13.8 Å². The van der Waals surface area contributed by atoms with Crippen LogP contribution in [0.15, 0.2) is 103 Å². The monoisotopic (exact) mass is 530 g/mol. The summed E-state index contributed by atoms with van der Waals surface area (Å²) in [5.41, 5.74) is 7.76. The molecule has 0 aliphatic carbocycles. The first-order valence-electron chi connectivity index (χ1n) is 14.6. The lowest BCUT2D eigenvalue weighted by atomic mass is 9.84. The first kappa shape index (κ1) is 31.2. The largest absolute Gasteiger partial charge is 0.0616 e. The summed E-state index contributed by atoms with van der Waals surface area (Å²) >= 11 is 0. The summed E-state index contributed by atoms with van der Waals surface area (Å²) in [6.07, 6.45) is 0. The van der Waals surface area contributed by atoms with E-state index in [1.54, 1.807) is 0 Å². The molecular formula is C40H50. The number of benzene rings is 5. The second kappa shape index (κ2) is 12.4. The molecule has 0 atom stereocenters. The van der Waals surface area contributed by atoms with Gasteiger partial charge in [-0.3, -0.25) is 0 Å². The van der Waals surface area contributed by atoms with Crippen LogP contribution in [-0.4, -0.2) is 0 Å². The lowest BCUT2D eigenvalue weighted by Gasteiger charge is -2.21. The second-order valence-corrected chi connectivity index (χ2v) is 14.1. The molecule has 0 bridgehead atoms. The molecule has 40 heavy (non-hydrogen) atoms. The van der Waals surface area contributed by atoms with Gasteiger partial charge in [-0.25, -0.2) is 0 Å². The molecule has 0 aliphatic rings. The Morgan fingerprint density at radius 3 is 1.45 bits per heavy atom. The quantitative estimate of drug-likeness (QED) is 0.187. The molecule has 0 aromatic heterocycles. The minimum atomic E-state index is 0.223. The van der Waals surface area contributed by atoms with Crippen molar-refractivity contribution in [2.24, 2.45) is 0 Å². The van der Waals surface area contributed by atoms with E-state index in [1.165, 1.54) is 49.4 Å². The van der Waals surface area contributed by atoms with Crippen LogP contribution in [0.25, 0.3) is 21.5 Å². The molecule has 0 N–H and O–H groups in total. The Kier molecular flexibility index (Phi) is 9.68. The maximum atomic E-state index is 2.29. The lowest BCUT2D eigenvalue weighted by molar-refractivity contribution is 0.589. The van der Waals surface area contributed by atoms with Gasteiger partial charge in [0.2, 0.25) is 0 Å². The molecular weight excluding hydrogens is 480 g/mol. The molecule has 0 unspecified atom stereocenters. The van der Waals surface area contributed by atoms with E-state index in [0.29, 0.717) is 0 Å². The number of hydrogen-bond acceptors (Lipinski definition) is 0. The van der Waals surface area contributed by atoms with Gasteiger partial charge in [-0.05, 0) is 79.5 Å². The van der Waals surface area contributed by atoms with Crippen LogP contribution in [0.3, 0.4) is 0 Å². The summed E-state index contributed by atoms with van der Waals surface area (Å²) in [5, 5.41) is 5.36. The summed E-state index contributed by atoms with van der Waals surface area (Å²) in [4.78, 5) is 0. The normalized spacial score (nSPS) is 11.9. The Morgan fingerprint density at radius 2 is 0.875 bits per heavy atom. The van der Waals surface area contributed by atoms with Crippen molar-refractivity contribution in [2.45, 2.75) is 92.4 Å². The van der Waals surface area contributed by atoms with Crippen molar-refractivity contribution >= 4 is 21.5 Å². The molecule has 0 saturated carbocycles. The molecule has 0 fully saturated rings. The summed E-state index contributed by atoms with van der Waals surface area (Å²) in [5.74, 6) is 0. The lowest BCUT2D eigenvalue weighted by Crippen LogP contribution is -2.11. The van der Waals surface area contributed by atoms with Crippen molar-refractivity contribution in [1.29, 1.82) is 0 Å². The molecule has 0 nitrogen and oxygen atoms in total. The van der Waals surface area contributed by atoms with Gasteiger partial charge in [0.25, 0.3) is 0 Å². The predicted octanol–water partition coefficient (Wildman–Crippen LogP) is 11.9. The molecule has 0 saturated heterocycles. The fourth-order valence-electron chi connectivity index (χ4n) is 4.74. The molecule has 5 rings (SSSR count). The van der Waals surface area contributed by atoms with Gasteiger partial charge < -0.3 is 0 Å². The number of rotatable bonds is 0. The third-order valence-electron chi connectivity index (χ3n) is 7.59. The molecule has 0 heteroatoms. The highest BCUT2D eigenvalue weighted by molar-refractivity contribution is 5.86. The van der Waals surface area contributed by atoms with E-state index in [9.17, 15) is 0 Å². The van der Waals surface area contributed by atoms with E-state index in [-0.39, 0.29) is 16.2 Å². The van der Waals surface area contributed by atoms with Gasteiger partial charge in [0.05, 0.1) is 0 Å². The van der Waals surface area contributed by atoms with Gasteiger partial charge in [0.1, 0.15) is 0 Å². The van der Waals surface area contributed by atoms with Crippen LogP contribution in [0.1, 0.15) is 90.1 Å². The standard InChI is InChI=1S/2C14H16.C12H18/c1-14(2,3)13-10-6-8-11-7-4-5-9-12(11)13;1-14(2,3)13-9-8-11-6-4-5-7-12(11)10-13;1-9-6-7-11(8-10(9)2)12(3,4)5/h2*4-10H,1-3H3;6-8H,1-5H3. The molecule has 0 spiro atoms. The molecule has 0 aliphatic heterocycles. The van der Waals surface area contributed by atoms with Gasteiger partial charge in [-0.15, -0.1) is 0 Å². The van der Waals surface area contributed by atoms with Crippen LogP contribution in [0.5, 0.6) is 0 Å². The van der Waals surface area contributed by atoms with Crippen molar-refractivity contribution < 1.29 is 0 Å². The topological polar surface area (TPSA) is 0 Å². The Labute approximate surface area is 244 Å². The highest BCUT2D eigenvalue weighted by Crippen LogP contribution is 2.29. The number of fused-ring (bicyclic) bond motifs is 2. The van der Waals surface area contributed by atoms with Gasteiger partial charge in [0.15, 0.2) is 0 Å². The molecule has 5 aromatic carbocycles. The van der Waals surface area contributed by atoms with E-state index >= 15 is 0 Å². The molecule has 210 valence electrons. The highest BCUT2D eigenvalue weighted by Gasteiger charge is 2.16. The van der Waals surface area contributed by atoms with Crippen LogP contribution in [0.4, 0.5) is 0 Å². The third kappa shape index (κ3) is 8.31. The minimum absolute atomic E-state index is 0.223. The third-order valence-corrected chi connectivity index (χ3v) is 7.59. The minimum Gasteiger partial charge on any atom is -0.0616 e. The van der Waals surface area contributed by atoms with Crippen LogP contribution >= 0.6 is 0 Å². The maximum Gasteiger partial charge on any atom is -0.0126 e. The molecule has 0 amide bonds. The zero-order valence-corrected chi connectivity index (χ0v) is 26.8. The van der Waals surface area contributed by atoms with Gasteiger partial charge in [-0.2, -0.15) is 0 Å². The molecule has 5 aromatic rings. The Hall–Kier alpha value is -3.38. The number of hydrogen-bond donors (Lipinski definition) is 0. The second-order valence-electron chi connectivity index (χ2n) is 14.1. The highest BCUT2D eigenvalue weighted by atomic mass is 14.2. The zero-order valence-electron chi connectivity index (χ0n) is 26.8. The summed E-state index contributed by atoms with van der Waals surface area (Å²) < 4.78 is 0. The predicted molar refractivity (Wildman–Crippen MR) is 180 cm³/mol. The average molecular weight is 531 g/mol. The van der Waals surface area contributed by atoms with E-state index in [2.05, 4.69) is 179 Å². The summed E-state index contributed by atoms with van der Waals surface area (Å²) in [7, 11) is 0. The fourth-order valence-corrected chi connectivity index (χ4v) is 4.74. The maximum absolute atomic E-state index is 2.29. The van der Waals surface area contributed by atoms with Gasteiger partial charge >= 0.3 is 0 Å². The van der Waals surface area contributed by atoms with Crippen molar-refractivity contribution in [1.82, 2.24) is 0 Å². The smallest absolute Gasteiger partial charge is 0.0126 e. The Bertz CT molecular complexity index is 1530. The zero-order chi connectivity index (χ0) is 29.7. The van der Waals surface area contributed by atoms with E-state index in [1.807, 2.05) is 0 Å². The van der Waals surface area contributed by atoms with Crippen molar-refractivity contribution in [3.05, 3.63) is 131 Å². The summed E-state index contributed by atoms with van der Waals surface area (Å²) in [6, 6.07) is 37.0. The average Bonchev–Trinajstić information content (AvgIpc) is 2.89. The van der Waals surface area contributed by atoms with Crippen molar-refractivity contribution in [3.8, 4) is 0 Å². The van der Waals surface area contributed by atoms with Crippen molar-refractivity contribution in [2.75, 3.05) is 0 Å². The van der Waals surface area contributed by atoms with Gasteiger partial charge in [0, 0.05) is 0 Å². The molecule has 0 heterocycles. The van der Waals surface area contributed by atoms with E-state index in [0.717, 1.165) is 0 Å². The van der Waals surface area contributed by atoms with Crippen molar-refractivity contribution in [3.63, 3.8) is 0 Å². The summed E-state index contributed by atoms with van der Waals surface area (Å²) in [6.45, 7) is 24.6. The first-order chi connectivity index (χ1) is 18.6. The van der Waals surface area contributed by atoms with Crippen LogP contribution in [-0.2, 0) is 16.2 Å². The Morgan fingerprint density at radius 1 is 0.375 bits per heavy atom. The van der Waals surface area contributed by atoms with Gasteiger partial charge in [-0.1, -0.05) is 165 Å². The Balaban J connectivity index is 0.000000166. The van der Waals surface area contributed by atoms with E-state index in [4.69, 9.17) is 0 Å².